The lowest BCUT2D eigenvalue weighted by Gasteiger charge is -2.28. The van der Waals surface area contributed by atoms with E-state index >= 15 is 0 Å². The van der Waals surface area contributed by atoms with E-state index in [1.54, 1.807) is 0 Å². The van der Waals surface area contributed by atoms with Crippen LogP contribution in [0, 0.1) is 20.0 Å². The molecule has 1 aliphatic heterocycles. The molecule has 13 aromatic rings. The number of aromatic nitrogens is 4. The van der Waals surface area contributed by atoms with Gasteiger partial charge in [-0.05, 0) is 191 Å². The Morgan fingerprint density at radius 1 is 0.459 bits per heavy atom. The SMILES string of the molecule is [2H]c1c([2H])c([2H])c(-c2cc3c4c(c2)n(-c2cccc(Oc5ccc6c7ccccc7n(-c7cc(C(C)(C)C)ccn7)c6c5)c2)[c-][n+]4-c2c(-c4cc(C(C)(C)C)cc(C(C)(C)C)c4)cc(-c4c(C([2H])([2H])[2H])cccc4C([2H])([2H])[2H])cc2-c2ccccc2-c2ccccc2-3)c([2H])c1[2H]. The van der Waals surface area contributed by atoms with Crippen molar-refractivity contribution in [3.63, 3.8) is 0 Å². The number of imidazole rings is 1. The molecule has 4 heterocycles. The van der Waals surface area contributed by atoms with E-state index in [1.165, 1.54) is 18.2 Å². The lowest BCUT2D eigenvalue weighted by Crippen LogP contribution is -2.32. The van der Waals surface area contributed by atoms with Crippen LogP contribution in [0.25, 0.3) is 117 Å². The monoisotopic (exact) mass is 1110 g/mol. The molecule has 0 N–H and O–H groups in total. The molecule has 10 aromatic carbocycles. The first-order valence-corrected chi connectivity index (χ1v) is 28.9. The van der Waals surface area contributed by atoms with Crippen molar-refractivity contribution in [2.45, 2.75) is 92.3 Å². The minimum Gasteiger partial charge on any atom is -0.458 e. The number of hydrogen-bond acceptors (Lipinski definition) is 2. The number of hydrogen-bond donors (Lipinski definition) is 0. The lowest BCUT2D eigenvalue weighted by atomic mass is 9.78. The average Bonchev–Trinajstić information content (AvgIpc) is 1.52. The Morgan fingerprint density at radius 2 is 1.06 bits per heavy atom. The third-order valence-corrected chi connectivity index (χ3v) is 16.7. The zero-order chi connectivity index (χ0) is 68.0. The number of ether oxygens (including phenoxy) is 1. The van der Waals surface area contributed by atoms with Crippen molar-refractivity contribution in [3.8, 4) is 95.5 Å². The summed E-state index contributed by atoms with van der Waals surface area (Å²) in [5, 5.41) is 2.10. The molecule has 5 heteroatoms. The topological polar surface area (TPSA) is 35.9 Å². The molecule has 85 heavy (non-hydrogen) atoms. The Labute approximate surface area is 515 Å². The second-order valence-corrected chi connectivity index (χ2v) is 25.5. The molecule has 0 unspecified atom stereocenters. The van der Waals surface area contributed by atoms with Crippen molar-refractivity contribution in [3.05, 3.63) is 259 Å². The van der Waals surface area contributed by atoms with Gasteiger partial charge in [0, 0.05) is 31.3 Å². The van der Waals surface area contributed by atoms with Crippen LogP contribution in [0.15, 0.2) is 224 Å². The van der Waals surface area contributed by atoms with Gasteiger partial charge in [0.15, 0.2) is 0 Å². The highest BCUT2D eigenvalue weighted by atomic mass is 16.5. The molecule has 0 bridgehead atoms. The smallest absolute Gasteiger partial charge is 0.269 e. The van der Waals surface area contributed by atoms with Crippen LogP contribution in [-0.4, -0.2) is 14.1 Å². The first-order valence-electron chi connectivity index (χ1n) is 34.4. The summed E-state index contributed by atoms with van der Waals surface area (Å²) in [5.41, 5.74) is 13.1. The summed E-state index contributed by atoms with van der Waals surface area (Å²) in [4.78, 5) is 4.92. The summed E-state index contributed by atoms with van der Waals surface area (Å²) in [6.07, 6.45) is 5.75. The van der Waals surface area contributed by atoms with Gasteiger partial charge in [-0.2, -0.15) is 0 Å². The van der Waals surface area contributed by atoms with Crippen LogP contribution >= 0.6 is 0 Å². The molecule has 0 radical (unpaired) electrons. The highest BCUT2D eigenvalue weighted by molar-refractivity contribution is 6.10. The van der Waals surface area contributed by atoms with Crippen LogP contribution in [0.4, 0.5) is 0 Å². The van der Waals surface area contributed by atoms with E-state index in [0.717, 1.165) is 72.1 Å². The van der Waals surface area contributed by atoms with Crippen molar-refractivity contribution < 1.29 is 24.4 Å². The van der Waals surface area contributed by atoms with Crippen LogP contribution in [0.3, 0.4) is 0 Å². The normalized spacial score (nSPS) is 14.6. The summed E-state index contributed by atoms with van der Waals surface area (Å²) in [5.74, 6) is 1.84. The van der Waals surface area contributed by atoms with Crippen LogP contribution in [0.5, 0.6) is 11.5 Å². The maximum Gasteiger partial charge on any atom is 0.269 e. The van der Waals surface area contributed by atoms with Gasteiger partial charge in [-0.3, -0.25) is 13.7 Å². The van der Waals surface area contributed by atoms with E-state index in [9.17, 15) is 2.74 Å². The number of nitrogens with zero attached hydrogens (tertiary/aromatic N) is 4. The second-order valence-electron chi connectivity index (χ2n) is 25.5. The van der Waals surface area contributed by atoms with Crippen molar-refractivity contribution in [2.75, 3.05) is 0 Å². The first kappa shape index (κ1) is 42.3. The van der Waals surface area contributed by atoms with E-state index in [4.69, 9.17) is 22.1 Å². The minimum atomic E-state index is -2.73. The number of fused-ring (bicyclic) bond motifs is 10. The average molecular weight is 1110 g/mol. The molecule has 0 saturated heterocycles. The van der Waals surface area contributed by atoms with Gasteiger partial charge < -0.3 is 4.74 Å². The fourth-order valence-corrected chi connectivity index (χ4v) is 12.3. The van der Waals surface area contributed by atoms with Crippen LogP contribution in [-0.2, 0) is 16.2 Å². The van der Waals surface area contributed by atoms with Crippen molar-refractivity contribution in [2.24, 2.45) is 0 Å². The number of aryl methyl sites for hydroxylation is 2. The van der Waals surface area contributed by atoms with Crippen molar-refractivity contribution in [1.82, 2.24) is 14.1 Å². The summed E-state index contributed by atoms with van der Waals surface area (Å²) >= 11 is 0. The maximum atomic E-state index is 9.47. The second kappa shape index (κ2) is 20.1. The van der Waals surface area contributed by atoms with E-state index in [-0.39, 0.29) is 50.6 Å². The van der Waals surface area contributed by atoms with Crippen LogP contribution < -0.4 is 9.30 Å². The summed E-state index contributed by atoms with van der Waals surface area (Å²) in [6.45, 7) is 14.1. The zero-order valence-electron chi connectivity index (χ0n) is 60.2. The molecule has 0 amide bonds. The molecule has 0 fully saturated rings. The van der Waals surface area contributed by atoms with Gasteiger partial charge in [-0.1, -0.05) is 208 Å². The van der Waals surface area contributed by atoms with Crippen LogP contribution in [0.1, 0.15) is 105 Å². The highest BCUT2D eigenvalue weighted by Gasteiger charge is 2.30. The van der Waals surface area contributed by atoms with Crippen molar-refractivity contribution >= 4 is 32.8 Å². The number of para-hydroxylation sites is 1. The molecule has 1 aliphatic rings. The molecular formula is C80H70N4O. The van der Waals surface area contributed by atoms with Gasteiger partial charge in [0.1, 0.15) is 17.3 Å². The van der Waals surface area contributed by atoms with Gasteiger partial charge in [0.2, 0.25) is 0 Å². The summed E-state index contributed by atoms with van der Waals surface area (Å²) in [7, 11) is 0. The third kappa shape index (κ3) is 9.34. The molecule has 0 atom stereocenters. The quantitative estimate of drug-likeness (QED) is 0.118. The Morgan fingerprint density at radius 3 is 1.74 bits per heavy atom. The number of pyridine rings is 1. The third-order valence-electron chi connectivity index (χ3n) is 16.7. The fourth-order valence-electron chi connectivity index (χ4n) is 12.3. The fraction of sp³-hybridized carbons (Fsp3) is 0.175. The molecule has 0 saturated carbocycles. The Balaban J connectivity index is 1.11. The van der Waals surface area contributed by atoms with Gasteiger partial charge >= 0.3 is 0 Å². The molecule has 3 aromatic heterocycles. The zero-order valence-corrected chi connectivity index (χ0v) is 49.2. The minimum absolute atomic E-state index is 0.0128. The molecule has 0 spiro atoms. The Kier molecular flexibility index (Phi) is 9.97. The van der Waals surface area contributed by atoms with E-state index in [1.807, 2.05) is 137 Å². The van der Waals surface area contributed by atoms with Crippen LogP contribution in [0.2, 0.25) is 0 Å². The van der Waals surface area contributed by atoms with Gasteiger partial charge in [-0.25, -0.2) is 4.98 Å². The Hall–Kier alpha value is -9.58. The van der Waals surface area contributed by atoms with Crippen molar-refractivity contribution in [1.29, 1.82) is 0 Å². The standard InChI is InChI=1S/C80H70N4O/c1-50-23-21-24-51(2)75(50)55-42-68(54-39-57(79(6,7)8)45-58(40-54)80(9,10)11)76-69(43-55)64-31-17-15-29-62(64)63-30-16-18-32-65(63)70-41-53(52-25-13-12-14-26-52)44-73-77(70)83(76)49-82(73)59-27-22-28-60(47-59)85-61-35-36-67-66-33-19-20-34-71(66)84(72(67)48-61)74-46-56(37-38-81-74)78(3,4)5/h12-48H,1-11H3/i1D3,2D3,12D,13D,14D,25D,26D. The highest BCUT2D eigenvalue weighted by Crippen LogP contribution is 2.49. The van der Waals surface area contributed by atoms with E-state index < -0.39 is 31.8 Å². The van der Waals surface area contributed by atoms with Gasteiger partial charge in [0.05, 0.1) is 40.3 Å². The summed E-state index contributed by atoms with van der Waals surface area (Å²) < 4.78 is 113. The van der Waals surface area contributed by atoms with Gasteiger partial charge in [-0.15, -0.1) is 0 Å². The predicted octanol–water partition coefficient (Wildman–Crippen LogP) is 20.8. The van der Waals surface area contributed by atoms with E-state index in [2.05, 4.69) is 122 Å². The largest absolute Gasteiger partial charge is 0.458 e. The Bertz CT molecular complexity index is 5290. The molecule has 14 rings (SSSR count). The molecule has 0 aliphatic carbocycles. The van der Waals surface area contributed by atoms with E-state index in [0.29, 0.717) is 61.7 Å². The van der Waals surface area contributed by atoms with Gasteiger partial charge in [0.25, 0.3) is 6.33 Å². The summed E-state index contributed by atoms with van der Waals surface area (Å²) in [6, 6.07) is 58.7. The molecule has 5 nitrogen and oxygen atoms in total. The predicted molar refractivity (Wildman–Crippen MR) is 354 cm³/mol. The maximum absolute atomic E-state index is 9.47. The molecule has 416 valence electrons. The number of benzene rings is 10. The molecular weight excluding hydrogens is 1030 g/mol. The first-order chi connectivity index (χ1) is 45.3. The number of rotatable bonds is 7. The lowest BCUT2D eigenvalue weighted by molar-refractivity contribution is -0.570.